The fourth-order valence-corrected chi connectivity index (χ4v) is 5.75. The van der Waals surface area contributed by atoms with Crippen molar-refractivity contribution < 1.29 is 19.4 Å². The van der Waals surface area contributed by atoms with Crippen LogP contribution in [0.5, 0.6) is 0 Å². The highest BCUT2D eigenvalue weighted by atomic mass is 16.6. The van der Waals surface area contributed by atoms with Crippen molar-refractivity contribution in [3.05, 3.63) is 59.7 Å². The van der Waals surface area contributed by atoms with Crippen molar-refractivity contribution in [2.45, 2.75) is 36.8 Å². The number of likely N-dealkylation sites (N-methyl/N-ethyl adjacent to an activating group) is 1. The number of carboxylic acid groups (broad SMARTS) is 1. The summed E-state index contributed by atoms with van der Waals surface area (Å²) in [6.07, 6.45) is 1.65. The van der Waals surface area contributed by atoms with Gasteiger partial charge < -0.3 is 9.84 Å². The summed E-state index contributed by atoms with van der Waals surface area (Å²) in [6, 6.07) is 16.2. The number of nitrogens with zero attached hydrogens (tertiary/aromatic N) is 2. The molecule has 2 fully saturated rings. The lowest BCUT2D eigenvalue weighted by atomic mass is 9.87. The van der Waals surface area contributed by atoms with Crippen molar-refractivity contribution in [1.82, 2.24) is 9.80 Å². The molecule has 30 heavy (non-hydrogen) atoms. The third-order valence-corrected chi connectivity index (χ3v) is 7.27. The molecule has 5 rings (SSSR count). The first-order valence-corrected chi connectivity index (χ1v) is 10.6. The molecule has 1 N–H and O–H groups in total. The van der Waals surface area contributed by atoms with Crippen molar-refractivity contribution in [3.8, 4) is 11.1 Å². The Balaban J connectivity index is 1.37. The number of benzene rings is 2. The number of aliphatic carboxylic acids is 1. The van der Waals surface area contributed by atoms with Crippen LogP contribution < -0.4 is 0 Å². The second kappa shape index (κ2) is 7.13. The minimum Gasteiger partial charge on any atom is -0.479 e. The Morgan fingerprint density at radius 3 is 2.37 bits per heavy atom. The molecule has 2 heterocycles. The maximum Gasteiger partial charge on any atom is 0.410 e. The predicted molar refractivity (Wildman–Crippen MR) is 112 cm³/mol. The van der Waals surface area contributed by atoms with Gasteiger partial charge in [-0.1, -0.05) is 48.5 Å². The van der Waals surface area contributed by atoms with E-state index in [0.717, 1.165) is 30.5 Å². The Morgan fingerprint density at radius 1 is 1.10 bits per heavy atom. The van der Waals surface area contributed by atoms with Gasteiger partial charge in [-0.3, -0.25) is 9.80 Å². The molecule has 156 valence electrons. The lowest BCUT2D eigenvalue weighted by Crippen LogP contribution is -2.61. The largest absolute Gasteiger partial charge is 0.479 e. The van der Waals surface area contributed by atoms with Crippen LogP contribution in [0.1, 0.15) is 36.3 Å². The zero-order valence-corrected chi connectivity index (χ0v) is 17.1. The zero-order valence-electron chi connectivity index (χ0n) is 17.1. The van der Waals surface area contributed by atoms with Gasteiger partial charge in [0, 0.05) is 25.6 Å². The summed E-state index contributed by atoms with van der Waals surface area (Å²) in [7, 11) is 1.58. The topological polar surface area (TPSA) is 70.1 Å². The molecule has 6 nitrogen and oxygen atoms in total. The Morgan fingerprint density at radius 2 is 1.73 bits per heavy atom. The maximum absolute atomic E-state index is 13.0. The second-order valence-corrected chi connectivity index (χ2v) is 8.54. The minimum atomic E-state index is -1.21. The van der Waals surface area contributed by atoms with E-state index in [1.54, 1.807) is 7.05 Å². The zero-order chi connectivity index (χ0) is 20.9. The van der Waals surface area contributed by atoms with Crippen LogP contribution in [0.4, 0.5) is 4.79 Å². The van der Waals surface area contributed by atoms with Gasteiger partial charge >= 0.3 is 12.1 Å². The van der Waals surface area contributed by atoms with E-state index in [-0.39, 0.29) is 18.6 Å². The Bertz CT molecular complexity index is 961. The molecular formula is C24H26N2O4. The van der Waals surface area contributed by atoms with Crippen LogP contribution in [0, 0.1) is 0 Å². The standard InChI is InChI=1S/C24H26N2O4/c1-25(24(22(27)28)12-14-26-13-6-11-21(24)26)23(29)30-15-20-18-9-4-2-7-16(18)17-8-3-5-10-19(17)20/h2-5,7-10,20-21H,6,11-15H2,1H3,(H,27,28). The van der Waals surface area contributed by atoms with E-state index >= 15 is 0 Å². The van der Waals surface area contributed by atoms with E-state index in [1.165, 1.54) is 16.0 Å². The van der Waals surface area contributed by atoms with Crippen LogP contribution >= 0.6 is 0 Å². The van der Waals surface area contributed by atoms with Gasteiger partial charge in [-0.2, -0.15) is 0 Å². The third-order valence-electron chi connectivity index (χ3n) is 7.27. The summed E-state index contributed by atoms with van der Waals surface area (Å²) < 4.78 is 5.74. The lowest BCUT2D eigenvalue weighted by molar-refractivity contribution is -0.151. The summed E-state index contributed by atoms with van der Waals surface area (Å²) in [5.41, 5.74) is 3.41. The van der Waals surface area contributed by atoms with E-state index in [4.69, 9.17) is 4.74 Å². The number of amides is 1. The van der Waals surface area contributed by atoms with Crippen LogP contribution in [-0.4, -0.2) is 65.3 Å². The third kappa shape index (κ3) is 2.67. The van der Waals surface area contributed by atoms with Gasteiger partial charge in [0.25, 0.3) is 0 Å². The highest BCUT2D eigenvalue weighted by molar-refractivity contribution is 5.86. The van der Waals surface area contributed by atoms with Crippen LogP contribution in [0.15, 0.2) is 48.5 Å². The second-order valence-electron chi connectivity index (χ2n) is 8.54. The van der Waals surface area contributed by atoms with Crippen LogP contribution in [0.3, 0.4) is 0 Å². The molecule has 0 saturated carbocycles. The highest BCUT2D eigenvalue weighted by Gasteiger charge is 2.58. The van der Waals surface area contributed by atoms with E-state index in [1.807, 2.05) is 24.3 Å². The number of rotatable bonds is 4. The van der Waals surface area contributed by atoms with E-state index in [0.29, 0.717) is 13.0 Å². The molecule has 0 spiro atoms. The minimum absolute atomic E-state index is 0.0397. The molecule has 2 aromatic rings. The first-order valence-electron chi connectivity index (χ1n) is 10.6. The molecule has 1 aliphatic carbocycles. The molecule has 0 radical (unpaired) electrons. The first-order chi connectivity index (χ1) is 14.5. The van der Waals surface area contributed by atoms with Crippen molar-refractivity contribution in [2.75, 3.05) is 26.7 Å². The fraction of sp³-hybridized carbons (Fsp3) is 0.417. The van der Waals surface area contributed by atoms with Crippen LogP contribution in [0.25, 0.3) is 11.1 Å². The highest BCUT2D eigenvalue weighted by Crippen LogP contribution is 2.45. The molecule has 6 heteroatoms. The van der Waals surface area contributed by atoms with E-state index in [2.05, 4.69) is 29.2 Å². The number of hydrogen-bond donors (Lipinski definition) is 1. The van der Waals surface area contributed by atoms with Gasteiger partial charge in [0.1, 0.15) is 6.61 Å². The molecule has 2 unspecified atom stereocenters. The summed E-state index contributed by atoms with van der Waals surface area (Å²) in [6.45, 7) is 1.80. The summed E-state index contributed by atoms with van der Waals surface area (Å²) in [4.78, 5) is 28.9. The van der Waals surface area contributed by atoms with Gasteiger partial charge in [0.2, 0.25) is 0 Å². The smallest absolute Gasteiger partial charge is 0.410 e. The van der Waals surface area contributed by atoms with E-state index < -0.39 is 17.6 Å². The Kier molecular flexibility index (Phi) is 4.54. The number of carboxylic acids is 1. The maximum atomic E-state index is 13.0. The molecule has 2 aromatic carbocycles. The number of carbonyl (C=O) groups excluding carboxylic acids is 1. The predicted octanol–water partition coefficient (Wildman–Crippen LogP) is 3.56. The molecule has 2 aliphatic heterocycles. The number of hydrogen-bond acceptors (Lipinski definition) is 4. The van der Waals surface area contributed by atoms with Crippen molar-refractivity contribution in [1.29, 1.82) is 0 Å². The van der Waals surface area contributed by atoms with Crippen molar-refractivity contribution >= 4 is 12.1 Å². The van der Waals surface area contributed by atoms with Gasteiger partial charge in [-0.05, 0) is 48.1 Å². The molecule has 3 aliphatic rings. The average Bonchev–Trinajstić information content (AvgIpc) is 3.44. The molecule has 2 atom stereocenters. The summed E-state index contributed by atoms with van der Waals surface area (Å²) in [5.74, 6) is -0.977. The summed E-state index contributed by atoms with van der Waals surface area (Å²) >= 11 is 0. The monoisotopic (exact) mass is 406 g/mol. The molecule has 0 bridgehead atoms. The molecule has 2 saturated heterocycles. The molecular weight excluding hydrogens is 380 g/mol. The van der Waals surface area contributed by atoms with Crippen LogP contribution in [0.2, 0.25) is 0 Å². The fourth-order valence-electron chi connectivity index (χ4n) is 5.75. The normalized spacial score (nSPS) is 24.9. The molecule has 0 aromatic heterocycles. The van der Waals surface area contributed by atoms with Gasteiger partial charge in [0.05, 0.1) is 0 Å². The van der Waals surface area contributed by atoms with Crippen LogP contribution in [-0.2, 0) is 9.53 Å². The SMILES string of the molecule is CN(C(=O)OCC1c2ccccc2-c2ccccc21)C1(C(=O)O)CCN2CCCC21. The first kappa shape index (κ1) is 19.1. The molecule has 1 amide bonds. The number of ether oxygens (including phenoxy) is 1. The quantitative estimate of drug-likeness (QED) is 0.841. The number of carbonyl (C=O) groups is 2. The Labute approximate surface area is 176 Å². The van der Waals surface area contributed by atoms with Gasteiger partial charge in [-0.15, -0.1) is 0 Å². The average molecular weight is 406 g/mol. The van der Waals surface area contributed by atoms with E-state index in [9.17, 15) is 14.7 Å². The van der Waals surface area contributed by atoms with Gasteiger partial charge in [-0.25, -0.2) is 9.59 Å². The lowest BCUT2D eigenvalue weighted by Gasteiger charge is -2.38. The summed E-state index contributed by atoms with van der Waals surface area (Å²) in [5, 5.41) is 10.1. The number of fused-ring (bicyclic) bond motifs is 4. The Hall–Kier alpha value is -2.86. The van der Waals surface area contributed by atoms with Crippen molar-refractivity contribution in [3.63, 3.8) is 0 Å². The van der Waals surface area contributed by atoms with Gasteiger partial charge in [0.15, 0.2) is 5.54 Å². The van der Waals surface area contributed by atoms with Crippen molar-refractivity contribution in [2.24, 2.45) is 0 Å².